The van der Waals surface area contributed by atoms with Crippen molar-refractivity contribution in [1.82, 2.24) is 20.0 Å². The molecule has 1 aromatic carbocycles. The van der Waals surface area contributed by atoms with Gasteiger partial charge in [0.1, 0.15) is 5.82 Å². The molecule has 1 atom stereocenters. The van der Waals surface area contributed by atoms with E-state index >= 15 is 0 Å². The number of hydrogen-bond acceptors (Lipinski definition) is 3. The van der Waals surface area contributed by atoms with E-state index < -0.39 is 0 Å². The summed E-state index contributed by atoms with van der Waals surface area (Å²) in [6, 6.07) is 7.61. The standard InChI is InChI=1S/C15H20FN5O/c1-20(2)13(11-5-4-6-12(16)9-11)10-17-15(22)18-14-7-8-21(3)19-14/h4-9,13H,10H2,1-3H3,(H2,17,18,19,22)/t13-/m0/s1. The Balaban J connectivity index is 1.95. The summed E-state index contributed by atoms with van der Waals surface area (Å²) in [6.45, 7) is 0.356. The summed E-state index contributed by atoms with van der Waals surface area (Å²) in [4.78, 5) is 13.8. The van der Waals surface area contributed by atoms with Crippen LogP contribution in [0.3, 0.4) is 0 Å². The lowest BCUT2D eigenvalue weighted by atomic mass is 10.1. The van der Waals surface area contributed by atoms with E-state index in [2.05, 4.69) is 15.7 Å². The molecule has 6 nitrogen and oxygen atoms in total. The van der Waals surface area contributed by atoms with Gasteiger partial charge >= 0.3 is 6.03 Å². The molecule has 2 amide bonds. The molecule has 2 N–H and O–H groups in total. The van der Waals surface area contributed by atoms with E-state index in [0.29, 0.717) is 12.4 Å². The Labute approximate surface area is 128 Å². The molecule has 0 bridgehead atoms. The van der Waals surface area contributed by atoms with Crippen LogP contribution >= 0.6 is 0 Å². The first-order valence-corrected chi connectivity index (χ1v) is 6.92. The number of anilines is 1. The van der Waals surface area contributed by atoms with Crippen LogP contribution in [-0.2, 0) is 7.05 Å². The van der Waals surface area contributed by atoms with Crippen molar-refractivity contribution >= 4 is 11.8 Å². The van der Waals surface area contributed by atoms with Gasteiger partial charge in [-0.25, -0.2) is 9.18 Å². The first-order chi connectivity index (χ1) is 10.5. The van der Waals surface area contributed by atoms with Crippen LogP contribution in [-0.4, -0.2) is 41.4 Å². The molecular formula is C15H20FN5O. The summed E-state index contributed by atoms with van der Waals surface area (Å²) in [5.41, 5.74) is 0.808. The third kappa shape index (κ3) is 4.29. The Morgan fingerprint density at radius 3 is 2.77 bits per heavy atom. The fraction of sp³-hybridized carbons (Fsp3) is 0.333. The summed E-state index contributed by atoms with van der Waals surface area (Å²) in [7, 11) is 5.54. The minimum absolute atomic E-state index is 0.120. The second-order valence-corrected chi connectivity index (χ2v) is 5.24. The van der Waals surface area contributed by atoms with E-state index in [1.165, 1.54) is 12.1 Å². The molecule has 0 aliphatic heterocycles. The van der Waals surface area contributed by atoms with Gasteiger partial charge in [-0.15, -0.1) is 0 Å². The molecule has 0 aliphatic carbocycles. The third-order valence-electron chi connectivity index (χ3n) is 3.27. The number of aryl methyl sites for hydroxylation is 1. The van der Waals surface area contributed by atoms with Crippen molar-refractivity contribution in [2.75, 3.05) is 26.0 Å². The Morgan fingerprint density at radius 1 is 1.41 bits per heavy atom. The number of rotatable bonds is 5. The van der Waals surface area contributed by atoms with Gasteiger partial charge in [-0.1, -0.05) is 12.1 Å². The van der Waals surface area contributed by atoms with Crippen molar-refractivity contribution in [1.29, 1.82) is 0 Å². The van der Waals surface area contributed by atoms with Crippen molar-refractivity contribution in [2.24, 2.45) is 7.05 Å². The normalized spacial score (nSPS) is 12.2. The molecular weight excluding hydrogens is 285 g/mol. The predicted molar refractivity (Wildman–Crippen MR) is 83.1 cm³/mol. The molecule has 0 spiro atoms. The lowest BCUT2D eigenvalue weighted by molar-refractivity contribution is 0.243. The lowest BCUT2D eigenvalue weighted by Gasteiger charge is -2.25. The van der Waals surface area contributed by atoms with E-state index in [4.69, 9.17) is 0 Å². The van der Waals surface area contributed by atoms with Gasteiger partial charge in [0.15, 0.2) is 5.82 Å². The molecule has 0 aliphatic rings. The topological polar surface area (TPSA) is 62.2 Å². The van der Waals surface area contributed by atoms with Crippen LogP contribution in [0.25, 0.3) is 0 Å². The van der Waals surface area contributed by atoms with Crippen LogP contribution in [0.1, 0.15) is 11.6 Å². The van der Waals surface area contributed by atoms with Crippen molar-refractivity contribution in [2.45, 2.75) is 6.04 Å². The Hall–Kier alpha value is -2.41. The van der Waals surface area contributed by atoms with Gasteiger partial charge in [-0.3, -0.25) is 10.00 Å². The summed E-state index contributed by atoms with van der Waals surface area (Å²) in [5.74, 6) is 0.189. The van der Waals surface area contributed by atoms with E-state index in [1.54, 1.807) is 30.1 Å². The van der Waals surface area contributed by atoms with Crippen molar-refractivity contribution in [3.05, 3.63) is 47.9 Å². The highest BCUT2D eigenvalue weighted by molar-refractivity contribution is 5.88. The minimum atomic E-state index is -0.345. The largest absolute Gasteiger partial charge is 0.336 e. The summed E-state index contributed by atoms with van der Waals surface area (Å²) < 4.78 is 15.0. The quantitative estimate of drug-likeness (QED) is 0.888. The number of aromatic nitrogens is 2. The maximum atomic E-state index is 13.4. The molecule has 2 rings (SSSR count). The number of amides is 2. The first-order valence-electron chi connectivity index (χ1n) is 6.92. The number of carbonyl (C=O) groups excluding carboxylic acids is 1. The second kappa shape index (κ2) is 7.04. The van der Waals surface area contributed by atoms with Crippen LogP contribution in [0.2, 0.25) is 0 Å². The fourth-order valence-electron chi connectivity index (χ4n) is 2.14. The van der Waals surface area contributed by atoms with Crippen LogP contribution in [0.5, 0.6) is 0 Å². The van der Waals surface area contributed by atoms with E-state index in [1.807, 2.05) is 25.1 Å². The maximum Gasteiger partial charge on any atom is 0.320 e. The smallest absolute Gasteiger partial charge is 0.320 e. The average molecular weight is 305 g/mol. The SMILES string of the molecule is CN(C)[C@@H](CNC(=O)Nc1ccn(C)n1)c1cccc(F)c1. The van der Waals surface area contributed by atoms with Crippen molar-refractivity contribution < 1.29 is 9.18 Å². The lowest BCUT2D eigenvalue weighted by Crippen LogP contribution is -2.37. The molecule has 22 heavy (non-hydrogen) atoms. The number of carbonyl (C=O) groups is 1. The summed E-state index contributed by atoms with van der Waals surface area (Å²) in [5, 5.41) is 9.49. The zero-order valence-electron chi connectivity index (χ0n) is 12.9. The first kappa shape index (κ1) is 16.0. The molecule has 0 unspecified atom stereocenters. The molecule has 7 heteroatoms. The number of halogens is 1. The zero-order chi connectivity index (χ0) is 16.1. The highest BCUT2D eigenvalue weighted by atomic mass is 19.1. The minimum Gasteiger partial charge on any atom is -0.336 e. The summed E-state index contributed by atoms with van der Waals surface area (Å²) in [6.07, 6.45) is 1.74. The van der Waals surface area contributed by atoms with Gasteiger partial charge in [0.2, 0.25) is 0 Å². The van der Waals surface area contributed by atoms with Crippen LogP contribution in [0.15, 0.2) is 36.5 Å². The number of likely N-dealkylation sites (N-methyl/N-ethyl adjacent to an activating group) is 1. The second-order valence-electron chi connectivity index (χ2n) is 5.24. The zero-order valence-corrected chi connectivity index (χ0v) is 12.9. The van der Waals surface area contributed by atoms with Crippen LogP contribution < -0.4 is 10.6 Å². The van der Waals surface area contributed by atoms with Gasteiger partial charge in [0.05, 0.1) is 6.04 Å². The van der Waals surface area contributed by atoms with Gasteiger partial charge in [-0.2, -0.15) is 5.10 Å². The molecule has 2 aromatic rings. The molecule has 0 fully saturated rings. The number of benzene rings is 1. The summed E-state index contributed by atoms with van der Waals surface area (Å²) >= 11 is 0. The van der Waals surface area contributed by atoms with Crippen LogP contribution in [0, 0.1) is 5.82 Å². The molecule has 118 valence electrons. The van der Waals surface area contributed by atoms with Crippen LogP contribution in [0.4, 0.5) is 15.0 Å². The Bertz CT molecular complexity index is 640. The number of hydrogen-bond donors (Lipinski definition) is 2. The molecule has 0 radical (unpaired) electrons. The average Bonchev–Trinajstić information content (AvgIpc) is 2.84. The maximum absolute atomic E-state index is 13.4. The predicted octanol–water partition coefficient (Wildman–Crippen LogP) is 1.98. The third-order valence-corrected chi connectivity index (χ3v) is 3.27. The highest BCUT2D eigenvalue weighted by Crippen LogP contribution is 2.18. The van der Waals surface area contributed by atoms with Gasteiger partial charge < -0.3 is 10.2 Å². The fourth-order valence-corrected chi connectivity index (χ4v) is 2.14. The number of nitrogens with one attached hydrogen (secondary N) is 2. The Kier molecular flexibility index (Phi) is 5.11. The van der Waals surface area contributed by atoms with Gasteiger partial charge in [0, 0.05) is 25.9 Å². The molecule has 0 saturated carbocycles. The Morgan fingerprint density at radius 2 is 2.18 bits per heavy atom. The van der Waals surface area contributed by atoms with Gasteiger partial charge in [0.25, 0.3) is 0 Å². The molecule has 0 saturated heterocycles. The monoisotopic (exact) mass is 305 g/mol. The molecule has 1 aromatic heterocycles. The molecule has 1 heterocycles. The van der Waals surface area contributed by atoms with Crippen molar-refractivity contribution in [3.8, 4) is 0 Å². The van der Waals surface area contributed by atoms with E-state index in [0.717, 1.165) is 5.56 Å². The van der Waals surface area contributed by atoms with Crippen molar-refractivity contribution in [3.63, 3.8) is 0 Å². The van der Waals surface area contributed by atoms with E-state index in [9.17, 15) is 9.18 Å². The number of urea groups is 1. The van der Waals surface area contributed by atoms with E-state index in [-0.39, 0.29) is 17.9 Å². The number of nitrogens with zero attached hydrogens (tertiary/aromatic N) is 3. The highest BCUT2D eigenvalue weighted by Gasteiger charge is 2.16. The van der Waals surface area contributed by atoms with Gasteiger partial charge in [-0.05, 0) is 31.8 Å².